The van der Waals surface area contributed by atoms with Crippen LogP contribution >= 0.6 is 0 Å². The van der Waals surface area contributed by atoms with Gasteiger partial charge in [-0.3, -0.25) is 9.58 Å². The number of carbonyl (C=O) groups is 1. The molecule has 0 unspecified atom stereocenters. The van der Waals surface area contributed by atoms with Gasteiger partial charge in [-0.2, -0.15) is 5.10 Å². The van der Waals surface area contributed by atoms with Crippen LogP contribution in [0.15, 0.2) is 6.07 Å². The van der Waals surface area contributed by atoms with Gasteiger partial charge in [-0.05, 0) is 214 Å². The third-order valence-corrected chi connectivity index (χ3v) is 19.6. The van der Waals surface area contributed by atoms with Gasteiger partial charge in [0.1, 0.15) is 0 Å². The van der Waals surface area contributed by atoms with Crippen LogP contribution in [0.5, 0.6) is 0 Å². The van der Waals surface area contributed by atoms with Crippen molar-refractivity contribution in [3.8, 4) is 0 Å². The first-order chi connectivity index (χ1) is 34.7. The third kappa shape index (κ3) is 27.8. The monoisotopic (exact) mass is 1080 g/mol. The van der Waals surface area contributed by atoms with Gasteiger partial charge in [-0.15, -0.1) is 0 Å². The summed E-state index contributed by atoms with van der Waals surface area (Å²) in [5, 5.41) is 4.40. The van der Waals surface area contributed by atoms with Crippen LogP contribution in [0.3, 0.4) is 0 Å². The van der Waals surface area contributed by atoms with Gasteiger partial charge in [0.25, 0.3) is 0 Å². The molecule has 5 saturated carbocycles. The van der Waals surface area contributed by atoms with Crippen molar-refractivity contribution >= 4 is 6.03 Å². The normalized spacial score (nSPS) is 22.1. The summed E-state index contributed by atoms with van der Waals surface area (Å²) in [7, 11) is 3.84. The predicted octanol–water partition coefficient (Wildman–Crippen LogP) is 21.6. The molecule has 6 nitrogen and oxygen atoms in total. The van der Waals surface area contributed by atoms with E-state index in [0.717, 1.165) is 42.3 Å². The Morgan fingerprint density at radius 2 is 0.831 bits per heavy atom. The topological polar surface area (TPSA) is 44.6 Å². The second kappa shape index (κ2) is 30.7. The average molecular weight is 1080 g/mol. The number of aromatic nitrogens is 2. The Labute approximate surface area is 484 Å². The molecule has 0 bridgehead atoms. The Bertz CT molecular complexity index is 1690. The fraction of sp³-hybridized carbons (Fsp3) is 0.944. The molecule has 3 heterocycles. The van der Waals surface area contributed by atoms with E-state index in [0.29, 0.717) is 44.1 Å². The number of likely N-dealkylation sites (tertiary alicyclic amines) is 1. The molecule has 7 fully saturated rings. The molecule has 1 atom stereocenters. The van der Waals surface area contributed by atoms with E-state index in [1.165, 1.54) is 147 Å². The van der Waals surface area contributed by atoms with Gasteiger partial charge in [-0.25, -0.2) is 4.79 Å². The Balaban J connectivity index is 0.000000442. The molecule has 2 aliphatic heterocycles. The number of hydrogen-bond acceptors (Lipinski definition) is 3. The zero-order valence-electron chi connectivity index (χ0n) is 58.1. The summed E-state index contributed by atoms with van der Waals surface area (Å²) in [6.07, 6.45) is 30.3. The Hall–Kier alpha value is -1.56. The van der Waals surface area contributed by atoms with Crippen LogP contribution in [0.25, 0.3) is 0 Å². The highest BCUT2D eigenvalue weighted by molar-refractivity contribution is 5.76. The van der Waals surface area contributed by atoms with Gasteiger partial charge in [-0.1, -0.05) is 183 Å². The number of carbonyl (C=O) groups excluding carboxylic acids is 1. The minimum atomic E-state index is -0.0643. The van der Waals surface area contributed by atoms with E-state index < -0.39 is 0 Å². The van der Waals surface area contributed by atoms with Crippen LogP contribution in [0.4, 0.5) is 4.79 Å². The molecule has 2 amide bonds. The smallest absolute Gasteiger partial charge is 0.320 e. The molecule has 77 heavy (non-hydrogen) atoms. The van der Waals surface area contributed by atoms with Crippen molar-refractivity contribution in [2.45, 2.75) is 344 Å². The maximum atomic E-state index is 11.8. The molecule has 1 aromatic rings. The zero-order chi connectivity index (χ0) is 59.8. The summed E-state index contributed by atoms with van der Waals surface area (Å²) in [5.41, 5.74) is 6.44. The second-order valence-electron chi connectivity index (χ2n) is 34.5. The second-order valence-corrected chi connectivity index (χ2v) is 34.5. The first-order valence-corrected chi connectivity index (χ1v) is 32.5. The van der Waals surface area contributed by atoms with Gasteiger partial charge < -0.3 is 9.80 Å². The quantitative estimate of drug-likeness (QED) is 0.260. The summed E-state index contributed by atoms with van der Waals surface area (Å²) >= 11 is 0. The summed E-state index contributed by atoms with van der Waals surface area (Å²) < 4.78 is 1.92. The minimum Gasteiger partial charge on any atom is -0.328 e. The van der Waals surface area contributed by atoms with E-state index in [9.17, 15) is 4.79 Å². The predicted molar refractivity (Wildman–Crippen MR) is 343 cm³/mol. The van der Waals surface area contributed by atoms with Crippen LogP contribution in [0, 0.1) is 63.1 Å². The summed E-state index contributed by atoms with van der Waals surface area (Å²) in [6.45, 7) is 65.1. The van der Waals surface area contributed by atoms with Gasteiger partial charge >= 0.3 is 6.03 Å². The number of rotatable bonds is 0. The van der Waals surface area contributed by atoms with E-state index in [4.69, 9.17) is 0 Å². The SMILES string of the molecule is CC(C)(C)C1(C)CCC1.CC(C)(C)C1CC1.CC(C)(C)C1CCC1.CC(C)(C)C1CCCCC1.CC(C)(C)C1CCCCC1.CC(C)(C)N1CCCC1.C[C@H]1CCN(C)C(=O)N1C(C)(C)C.Cc1cc(C(C)(C)C)nn1C. The highest BCUT2D eigenvalue weighted by Crippen LogP contribution is 2.53. The number of nitrogens with zero attached hydrogens (tertiary/aromatic N) is 5. The van der Waals surface area contributed by atoms with Gasteiger partial charge in [0.2, 0.25) is 0 Å². The van der Waals surface area contributed by atoms with Crippen molar-refractivity contribution in [1.29, 1.82) is 0 Å². The first kappa shape index (κ1) is 73.5. The summed E-state index contributed by atoms with van der Waals surface area (Å²) in [4.78, 5) is 18.1. The average Bonchev–Trinajstić information content (AvgIpc) is 3.86. The van der Waals surface area contributed by atoms with Crippen molar-refractivity contribution in [2.75, 3.05) is 26.7 Å². The van der Waals surface area contributed by atoms with Crippen molar-refractivity contribution in [3.63, 3.8) is 0 Å². The maximum absolute atomic E-state index is 11.8. The van der Waals surface area contributed by atoms with Crippen molar-refractivity contribution in [3.05, 3.63) is 17.5 Å². The Morgan fingerprint density at radius 1 is 0.468 bits per heavy atom. The molecule has 8 rings (SSSR count). The van der Waals surface area contributed by atoms with Gasteiger partial charge in [0, 0.05) is 48.9 Å². The van der Waals surface area contributed by atoms with Crippen molar-refractivity contribution < 1.29 is 4.79 Å². The molecular formula is C71H141N5O. The van der Waals surface area contributed by atoms with E-state index in [-0.39, 0.29) is 17.0 Å². The molecule has 7 aliphatic rings. The molecular weight excluding hydrogens is 939 g/mol. The van der Waals surface area contributed by atoms with Crippen LogP contribution in [-0.4, -0.2) is 74.3 Å². The number of hydrogen-bond donors (Lipinski definition) is 0. The molecule has 1 aromatic heterocycles. The molecule has 6 heteroatoms. The van der Waals surface area contributed by atoms with Gasteiger partial charge in [0.15, 0.2) is 0 Å². The lowest BCUT2D eigenvalue weighted by atomic mass is 9.56. The number of aryl methyl sites for hydroxylation is 2. The molecule has 0 aromatic carbocycles. The van der Waals surface area contributed by atoms with Gasteiger partial charge in [0.05, 0.1) is 5.69 Å². The fourth-order valence-corrected chi connectivity index (χ4v) is 11.9. The van der Waals surface area contributed by atoms with Crippen LogP contribution in [-0.2, 0) is 12.5 Å². The molecule has 456 valence electrons. The van der Waals surface area contributed by atoms with Crippen molar-refractivity contribution in [1.82, 2.24) is 24.5 Å². The standard InChI is InChI=1S/C10H20N2O.2C10H20.C9H16N2.C9H18.C8H17N.C8H16.C7H14/c1-8-6-7-11(5)9(13)12(8)10(2,3)4;2*1-10(2,3)9-7-5-4-6-8-9;1-7-6-8(9(2,3)4)10-11(7)5;1-8(2,3)9(4)6-5-7-9;1-8(2,3)9-6-4-5-7-9;1-8(2,3)7-5-4-6-7;1-7(2,3)6-4-5-6/h8H,6-7H2,1-5H3;2*9H,4-8H2,1-3H3;6H,1-5H3;5-7H2,1-4H3;4-7H2,1-3H3;7H,4-6H2,1-3H3;6H,4-5H2,1-3H3/t8-;;;;;;;/m0......./s1. The third-order valence-electron chi connectivity index (χ3n) is 19.6. The molecule has 0 spiro atoms. The minimum absolute atomic E-state index is 0.0643. The maximum Gasteiger partial charge on any atom is 0.320 e. The lowest BCUT2D eigenvalue weighted by Gasteiger charge is -2.49. The van der Waals surface area contributed by atoms with Crippen LogP contribution in [0.2, 0.25) is 0 Å². The van der Waals surface area contributed by atoms with E-state index in [1.54, 1.807) is 4.90 Å². The first-order valence-electron chi connectivity index (χ1n) is 32.5. The van der Waals surface area contributed by atoms with Crippen LogP contribution < -0.4 is 0 Å². The van der Waals surface area contributed by atoms with E-state index in [2.05, 4.69) is 203 Å². The lowest BCUT2D eigenvalue weighted by molar-refractivity contribution is 0.0176. The van der Waals surface area contributed by atoms with Crippen molar-refractivity contribution in [2.24, 2.45) is 63.2 Å². The molecule has 5 aliphatic carbocycles. The number of urea groups is 1. The largest absolute Gasteiger partial charge is 0.328 e. The highest BCUT2D eigenvalue weighted by atomic mass is 16.2. The molecule has 2 saturated heterocycles. The Kier molecular flexibility index (Phi) is 29.2. The highest BCUT2D eigenvalue weighted by Gasteiger charge is 2.42. The lowest BCUT2D eigenvalue weighted by Crippen LogP contribution is -2.59. The zero-order valence-corrected chi connectivity index (χ0v) is 58.1. The summed E-state index contributed by atoms with van der Waals surface area (Å²) in [5.74, 6) is 4.08. The molecule has 0 N–H and O–H groups in total. The van der Waals surface area contributed by atoms with E-state index >= 15 is 0 Å². The fourth-order valence-electron chi connectivity index (χ4n) is 11.9. The molecule has 0 radical (unpaired) electrons. The van der Waals surface area contributed by atoms with Crippen LogP contribution in [0.1, 0.15) is 326 Å². The number of amides is 2. The van der Waals surface area contributed by atoms with E-state index in [1.807, 2.05) is 23.7 Å². The summed E-state index contributed by atoms with van der Waals surface area (Å²) in [6, 6.07) is 2.66. The Morgan fingerprint density at radius 3 is 0.987 bits per heavy atom.